The van der Waals surface area contributed by atoms with Gasteiger partial charge in [-0.15, -0.1) is 0 Å². The summed E-state index contributed by atoms with van der Waals surface area (Å²) in [6.07, 6.45) is 1.13. The molecule has 2 aromatic carbocycles. The molecular formula is C15H14ClN3O6S. The van der Waals surface area contributed by atoms with Crippen LogP contribution >= 0.6 is 11.6 Å². The number of methoxy groups -OCH3 is 2. The van der Waals surface area contributed by atoms with E-state index in [2.05, 4.69) is 5.10 Å². The van der Waals surface area contributed by atoms with Gasteiger partial charge in [-0.05, 0) is 30.3 Å². The lowest BCUT2D eigenvalue weighted by Crippen LogP contribution is -2.19. The zero-order chi connectivity index (χ0) is 19.3. The van der Waals surface area contributed by atoms with E-state index < -0.39 is 14.9 Å². The Kier molecular flexibility index (Phi) is 6.01. The summed E-state index contributed by atoms with van der Waals surface area (Å²) in [7, 11) is -1.42. The van der Waals surface area contributed by atoms with Crippen LogP contribution in [-0.2, 0) is 10.0 Å². The van der Waals surface area contributed by atoms with Crippen LogP contribution < -0.4 is 14.3 Å². The summed E-state index contributed by atoms with van der Waals surface area (Å²) in [6, 6.07) is 8.19. The molecule has 0 aromatic heterocycles. The number of ether oxygens (including phenoxy) is 2. The number of benzene rings is 2. The second-order valence-corrected chi connectivity index (χ2v) is 6.90. The van der Waals surface area contributed by atoms with Crippen LogP contribution in [0, 0.1) is 10.1 Å². The Labute approximate surface area is 154 Å². The Morgan fingerprint density at radius 2 is 1.81 bits per heavy atom. The first kappa shape index (κ1) is 19.5. The van der Waals surface area contributed by atoms with E-state index in [9.17, 15) is 18.5 Å². The van der Waals surface area contributed by atoms with Crippen molar-refractivity contribution in [2.75, 3.05) is 14.2 Å². The number of hydrazone groups is 1. The number of rotatable bonds is 7. The maximum atomic E-state index is 12.3. The first-order chi connectivity index (χ1) is 12.3. The second-order valence-electron chi connectivity index (χ2n) is 4.84. The first-order valence-electron chi connectivity index (χ1n) is 6.99. The first-order valence-corrected chi connectivity index (χ1v) is 8.85. The molecule has 0 unspecified atom stereocenters. The molecule has 138 valence electrons. The summed E-state index contributed by atoms with van der Waals surface area (Å²) < 4.78 is 34.6. The van der Waals surface area contributed by atoms with Crippen LogP contribution in [0.4, 0.5) is 5.69 Å². The molecule has 0 spiro atoms. The fraction of sp³-hybridized carbons (Fsp3) is 0.133. The van der Waals surface area contributed by atoms with E-state index in [4.69, 9.17) is 21.1 Å². The normalized spacial score (nSPS) is 11.3. The van der Waals surface area contributed by atoms with Crippen LogP contribution in [0.5, 0.6) is 11.5 Å². The van der Waals surface area contributed by atoms with Crippen LogP contribution in [0.1, 0.15) is 5.56 Å². The Bertz CT molecular complexity index is 962. The van der Waals surface area contributed by atoms with Gasteiger partial charge in [-0.1, -0.05) is 11.6 Å². The van der Waals surface area contributed by atoms with E-state index in [1.54, 1.807) is 0 Å². The second kappa shape index (κ2) is 8.02. The minimum Gasteiger partial charge on any atom is -0.495 e. The van der Waals surface area contributed by atoms with Gasteiger partial charge >= 0.3 is 5.69 Å². The van der Waals surface area contributed by atoms with Gasteiger partial charge in [-0.3, -0.25) is 10.1 Å². The van der Waals surface area contributed by atoms with Crippen molar-refractivity contribution in [1.29, 1.82) is 0 Å². The summed E-state index contributed by atoms with van der Waals surface area (Å²) in [5, 5.41) is 14.8. The third-order valence-corrected chi connectivity index (χ3v) is 4.68. The molecule has 2 aromatic rings. The predicted molar refractivity (Wildman–Crippen MR) is 95.6 cm³/mol. The van der Waals surface area contributed by atoms with Crippen molar-refractivity contribution in [1.82, 2.24) is 4.83 Å². The molecule has 1 N–H and O–H groups in total. The largest absolute Gasteiger partial charge is 0.495 e. The van der Waals surface area contributed by atoms with Gasteiger partial charge in [-0.2, -0.15) is 18.4 Å². The summed E-state index contributed by atoms with van der Waals surface area (Å²) in [5.74, 6) is 0.175. The van der Waals surface area contributed by atoms with Gasteiger partial charge in [0.2, 0.25) is 0 Å². The van der Waals surface area contributed by atoms with E-state index in [-0.39, 0.29) is 27.1 Å². The molecular weight excluding hydrogens is 386 g/mol. The van der Waals surface area contributed by atoms with Crippen LogP contribution in [0.3, 0.4) is 0 Å². The fourth-order valence-corrected chi connectivity index (χ4v) is 3.23. The molecule has 0 bridgehead atoms. The maximum absolute atomic E-state index is 12.3. The maximum Gasteiger partial charge on any atom is 0.311 e. The molecule has 9 nitrogen and oxygen atoms in total. The molecule has 26 heavy (non-hydrogen) atoms. The number of hydrogen-bond donors (Lipinski definition) is 1. The third-order valence-electron chi connectivity index (χ3n) is 3.20. The lowest BCUT2D eigenvalue weighted by molar-refractivity contribution is -0.385. The van der Waals surface area contributed by atoms with Crippen LogP contribution in [0.15, 0.2) is 46.4 Å². The fourth-order valence-electron chi connectivity index (χ4n) is 2.01. The van der Waals surface area contributed by atoms with Crippen molar-refractivity contribution in [3.8, 4) is 11.5 Å². The molecule has 0 amide bonds. The van der Waals surface area contributed by atoms with E-state index in [0.717, 1.165) is 6.21 Å². The summed E-state index contributed by atoms with van der Waals surface area (Å²) >= 11 is 5.82. The lowest BCUT2D eigenvalue weighted by atomic mass is 10.2. The van der Waals surface area contributed by atoms with E-state index >= 15 is 0 Å². The van der Waals surface area contributed by atoms with Crippen molar-refractivity contribution >= 4 is 33.5 Å². The average Bonchev–Trinajstić information content (AvgIpc) is 2.61. The molecule has 0 aliphatic heterocycles. The van der Waals surface area contributed by atoms with Crippen molar-refractivity contribution in [3.63, 3.8) is 0 Å². The van der Waals surface area contributed by atoms with E-state index in [1.165, 1.54) is 50.6 Å². The van der Waals surface area contributed by atoms with Gasteiger partial charge in [0.1, 0.15) is 10.6 Å². The molecule has 0 aliphatic rings. The molecule has 0 fully saturated rings. The Morgan fingerprint density at radius 3 is 2.42 bits per heavy atom. The van der Waals surface area contributed by atoms with Gasteiger partial charge in [0.25, 0.3) is 10.0 Å². The summed E-state index contributed by atoms with van der Waals surface area (Å²) in [5.41, 5.74) is 0.0362. The van der Waals surface area contributed by atoms with E-state index in [1.807, 2.05) is 4.83 Å². The molecule has 2 rings (SSSR count). The van der Waals surface area contributed by atoms with E-state index in [0.29, 0.717) is 5.56 Å². The number of hydrogen-bond acceptors (Lipinski definition) is 7. The molecule has 0 heterocycles. The molecule has 0 saturated carbocycles. The molecule has 0 atom stereocenters. The zero-order valence-electron chi connectivity index (χ0n) is 13.7. The summed E-state index contributed by atoms with van der Waals surface area (Å²) in [6.45, 7) is 0. The molecule has 0 radical (unpaired) electrons. The van der Waals surface area contributed by atoms with Crippen LogP contribution in [-0.4, -0.2) is 33.8 Å². The van der Waals surface area contributed by atoms with Crippen molar-refractivity contribution in [2.24, 2.45) is 5.10 Å². The van der Waals surface area contributed by atoms with Gasteiger partial charge in [-0.25, -0.2) is 0 Å². The van der Waals surface area contributed by atoms with Crippen molar-refractivity contribution in [3.05, 3.63) is 57.1 Å². The summed E-state index contributed by atoms with van der Waals surface area (Å²) in [4.78, 5) is 12.2. The number of sulfonamides is 1. The highest BCUT2D eigenvalue weighted by atomic mass is 35.5. The third kappa shape index (κ3) is 4.41. The predicted octanol–water partition coefficient (Wildman–Crippen LogP) is 2.58. The minimum absolute atomic E-state index is 0.0800. The minimum atomic E-state index is -4.05. The Hall–Kier alpha value is -2.85. The number of halogens is 1. The number of nitrogens with zero attached hydrogens (tertiary/aromatic N) is 2. The molecule has 0 aliphatic carbocycles. The molecule has 11 heteroatoms. The van der Waals surface area contributed by atoms with Gasteiger partial charge in [0.15, 0.2) is 5.75 Å². The Morgan fingerprint density at radius 1 is 1.15 bits per heavy atom. The van der Waals surface area contributed by atoms with Crippen molar-refractivity contribution in [2.45, 2.75) is 4.90 Å². The highest BCUT2D eigenvalue weighted by molar-refractivity contribution is 7.89. The van der Waals surface area contributed by atoms with Crippen LogP contribution in [0.25, 0.3) is 0 Å². The quantitative estimate of drug-likeness (QED) is 0.434. The highest BCUT2D eigenvalue weighted by Gasteiger charge is 2.19. The SMILES string of the molecule is COc1ccc(/C=N/NS(=O)(=O)c2cc(Cl)ccc2OC)cc1[N+](=O)[O-]. The smallest absolute Gasteiger partial charge is 0.311 e. The monoisotopic (exact) mass is 399 g/mol. The number of nitro benzene ring substituents is 1. The van der Waals surface area contributed by atoms with Gasteiger partial charge in [0, 0.05) is 16.7 Å². The number of nitro groups is 1. The van der Waals surface area contributed by atoms with Crippen molar-refractivity contribution < 1.29 is 22.8 Å². The van der Waals surface area contributed by atoms with Gasteiger partial charge < -0.3 is 9.47 Å². The molecule has 0 saturated heterocycles. The average molecular weight is 400 g/mol. The van der Waals surface area contributed by atoms with Crippen LogP contribution in [0.2, 0.25) is 5.02 Å². The topological polar surface area (TPSA) is 120 Å². The lowest BCUT2D eigenvalue weighted by Gasteiger charge is -2.09. The standard InChI is InChI=1S/C15H14ClN3O6S/c1-24-13-5-3-10(7-12(13)19(20)21)9-17-18-26(22,23)15-8-11(16)4-6-14(15)25-2/h3-9,18H,1-2H3/b17-9+. The van der Waals surface area contributed by atoms with Gasteiger partial charge in [0.05, 0.1) is 25.4 Å². The zero-order valence-corrected chi connectivity index (χ0v) is 15.2. The highest BCUT2D eigenvalue weighted by Crippen LogP contribution is 2.28. The number of nitrogens with one attached hydrogen (secondary N) is 1. The Balaban J connectivity index is 2.26.